The lowest BCUT2D eigenvalue weighted by Gasteiger charge is -2.19. The van der Waals surface area contributed by atoms with Crippen LogP contribution in [0.4, 0.5) is 0 Å². The van der Waals surface area contributed by atoms with E-state index in [4.69, 9.17) is 16.3 Å². The van der Waals surface area contributed by atoms with Gasteiger partial charge in [0.15, 0.2) is 0 Å². The molecule has 2 unspecified atom stereocenters. The van der Waals surface area contributed by atoms with Crippen molar-refractivity contribution in [3.8, 4) is 0 Å². The minimum Gasteiger partial charge on any atom is -0.385 e. The molecular weight excluding hydrogens is 220 g/mol. The second-order valence-corrected chi connectivity index (χ2v) is 4.90. The number of thiophene rings is 1. The molecule has 0 radical (unpaired) electrons. The summed E-state index contributed by atoms with van der Waals surface area (Å²) < 4.78 is 5.93. The van der Waals surface area contributed by atoms with Gasteiger partial charge in [0.1, 0.15) is 6.10 Å². The van der Waals surface area contributed by atoms with Gasteiger partial charge in [-0.05, 0) is 18.6 Å². The Labute approximate surface area is 93.5 Å². The van der Waals surface area contributed by atoms with E-state index < -0.39 is 6.10 Å². The quantitative estimate of drug-likeness (QED) is 0.848. The first-order valence-corrected chi connectivity index (χ1v) is 5.84. The van der Waals surface area contributed by atoms with Crippen LogP contribution in [0.15, 0.2) is 12.1 Å². The fourth-order valence-corrected chi connectivity index (χ4v) is 2.46. The molecule has 80 valence electrons. The molecule has 1 N–H and O–H groups in total. The highest BCUT2D eigenvalue weighted by Crippen LogP contribution is 2.30. The maximum atomic E-state index is 9.95. The van der Waals surface area contributed by atoms with Crippen LogP contribution in [0.5, 0.6) is 0 Å². The monoisotopic (exact) mass is 234 g/mol. The highest BCUT2D eigenvalue weighted by atomic mass is 35.5. The number of halogens is 1. The Hall–Kier alpha value is -0.0900. The maximum absolute atomic E-state index is 9.95. The van der Waals surface area contributed by atoms with Crippen molar-refractivity contribution >= 4 is 22.9 Å². The first-order valence-electron chi connectivity index (χ1n) is 4.65. The van der Waals surface area contributed by atoms with Gasteiger partial charge >= 0.3 is 0 Å². The molecule has 0 bridgehead atoms. The summed E-state index contributed by atoms with van der Waals surface area (Å²) in [5.74, 6) is 0. The first kappa shape index (κ1) is 12.0. The fraction of sp³-hybridized carbons (Fsp3) is 0.600. The number of rotatable bonds is 5. The molecule has 0 aliphatic carbocycles. The molecule has 0 saturated heterocycles. The molecule has 1 rings (SSSR count). The van der Waals surface area contributed by atoms with Gasteiger partial charge in [0, 0.05) is 12.0 Å². The van der Waals surface area contributed by atoms with Crippen LogP contribution in [0, 0.1) is 0 Å². The molecule has 1 heterocycles. The van der Waals surface area contributed by atoms with Crippen molar-refractivity contribution in [1.29, 1.82) is 0 Å². The van der Waals surface area contributed by atoms with Gasteiger partial charge in [-0.15, -0.1) is 11.3 Å². The lowest BCUT2D eigenvalue weighted by Crippen LogP contribution is -2.19. The minimum atomic E-state index is -0.558. The predicted octanol–water partition coefficient (Wildman–Crippen LogP) is 3.25. The largest absolute Gasteiger partial charge is 0.385 e. The van der Waals surface area contributed by atoms with E-state index in [0.717, 1.165) is 17.7 Å². The smallest absolute Gasteiger partial charge is 0.114 e. The van der Waals surface area contributed by atoms with Crippen LogP contribution in [-0.4, -0.2) is 18.3 Å². The minimum absolute atomic E-state index is 0.130. The number of aliphatic hydroxyl groups excluding tert-OH is 1. The Kier molecular flexibility index (Phi) is 4.89. The maximum Gasteiger partial charge on any atom is 0.114 e. The van der Waals surface area contributed by atoms with Gasteiger partial charge in [0.2, 0.25) is 0 Å². The highest BCUT2D eigenvalue weighted by molar-refractivity contribution is 7.16. The van der Waals surface area contributed by atoms with Crippen molar-refractivity contribution in [1.82, 2.24) is 0 Å². The zero-order chi connectivity index (χ0) is 10.6. The van der Waals surface area contributed by atoms with Gasteiger partial charge in [0.25, 0.3) is 0 Å². The van der Waals surface area contributed by atoms with E-state index in [2.05, 4.69) is 6.92 Å². The summed E-state index contributed by atoms with van der Waals surface area (Å²) in [6.07, 6.45) is 1.16. The Morgan fingerprint density at radius 1 is 1.57 bits per heavy atom. The summed E-state index contributed by atoms with van der Waals surface area (Å²) in [7, 11) is 1.62. The third-order valence-corrected chi connectivity index (χ3v) is 3.42. The van der Waals surface area contributed by atoms with Gasteiger partial charge < -0.3 is 9.84 Å². The van der Waals surface area contributed by atoms with Gasteiger partial charge in [-0.3, -0.25) is 0 Å². The first-order chi connectivity index (χ1) is 6.69. The van der Waals surface area contributed by atoms with Crippen LogP contribution in [0.3, 0.4) is 0 Å². The molecule has 4 heteroatoms. The molecule has 2 nitrogen and oxygen atoms in total. The summed E-state index contributed by atoms with van der Waals surface area (Å²) >= 11 is 7.20. The normalized spacial score (nSPS) is 15.4. The fourth-order valence-electron chi connectivity index (χ4n) is 1.36. The SMILES string of the molecule is CCCC(OC)C(O)c1ccc(Cl)s1. The van der Waals surface area contributed by atoms with E-state index in [1.54, 1.807) is 13.2 Å². The molecule has 0 aromatic carbocycles. The molecule has 0 spiro atoms. The van der Waals surface area contributed by atoms with Crippen molar-refractivity contribution in [2.75, 3.05) is 7.11 Å². The molecule has 0 aliphatic rings. The Morgan fingerprint density at radius 2 is 2.29 bits per heavy atom. The molecule has 0 fully saturated rings. The third kappa shape index (κ3) is 2.95. The number of methoxy groups -OCH3 is 1. The van der Waals surface area contributed by atoms with Crippen LogP contribution in [0.1, 0.15) is 30.7 Å². The standard InChI is InChI=1S/C10H15ClO2S/c1-3-4-7(13-2)10(12)8-5-6-9(11)14-8/h5-7,10,12H,3-4H2,1-2H3. The second kappa shape index (κ2) is 5.71. The van der Waals surface area contributed by atoms with Gasteiger partial charge in [-0.2, -0.15) is 0 Å². The van der Waals surface area contributed by atoms with Crippen LogP contribution in [0.2, 0.25) is 4.34 Å². The number of hydrogen-bond donors (Lipinski definition) is 1. The lowest BCUT2D eigenvalue weighted by atomic mass is 10.1. The van der Waals surface area contributed by atoms with E-state index in [1.807, 2.05) is 6.07 Å². The topological polar surface area (TPSA) is 29.5 Å². The summed E-state index contributed by atoms with van der Waals surface area (Å²) in [5, 5.41) is 9.95. The zero-order valence-electron chi connectivity index (χ0n) is 8.37. The number of ether oxygens (including phenoxy) is 1. The molecule has 0 amide bonds. The van der Waals surface area contributed by atoms with E-state index in [0.29, 0.717) is 4.34 Å². The molecule has 2 atom stereocenters. The summed E-state index contributed by atoms with van der Waals surface area (Å²) in [4.78, 5) is 0.871. The Balaban J connectivity index is 2.66. The van der Waals surface area contributed by atoms with Crippen molar-refractivity contribution in [3.05, 3.63) is 21.3 Å². The zero-order valence-corrected chi connectivity index (χ0v) is 9.94. The molecule has 0 aliphatic heterocycles. The molecule has 1 aromatic heterocycles. The van der Waals surface area contributed by atoms with Gasteiger partial charge in [-0.25, -0.2) is 0 Å². The van der Waals surface area contributed by atoms with E-state index >= 15 is 0 Å². The van der Waals surface area contributed by atoms with E-state index in [9.17, 15) is 5.11 Å². The van der Waals surface area contributed by atoms with Crippen molar-refractivity contribution in [2.45, 2.75) is 32.0 Å². The summed E-state index contributed by atoms with van der Waals surface area (Å²) in [6, 6.07) is 3.64. The second-order valence-electron chi connectivity index (χ2n) is 3.15. The summed E-state index contributed by atoms with van der Waals surface area (Å²) in [5.41, 5.74) is 0. The van der Waals surface area contributed by atoms with Gasteiger partial charge in [0.05, 0.1) is 10.4 Å². The van der Waals surface area contributed by atoms with Crippen LogP contribution in [0.25, 0.3) is 0 Å². The number of hydrogen-bond acceptors (Lipinski definition) is 3. The van der Waals surface area contributed by atoms with Crippen LogP contribution in [-0.2, 0) is 4.74 Å². The predicted molar refractivity (Wildman–Crippen MR) is 60.0 cm³/mol. The average molecular weight is 235 g/mol. The molecule has 0 saturated carbocycles. The third-order valence-electron chi connectivity index (χ3n) is 2.11. The van der Waals surface area contributed by atoms with Gasteiger partial charge in [-0.1, -0.05) is 24.9 Å². The van der Waals surface area contributed by atoms with Crippen molar-refractivity contribution < 1.29 is 9.84 Å². The highest BCUT2D eigenvalue weighted by Gasteiger charge is 2.20. The van der Waals surface area contributed by atoms with E-state index in [-0.39, 0.29) is 6.10 Å². The van der Waals surface area contributed by atoms with Crippen molar-refractivity contribution in [3.63, 3.8) is 0 Å². The van der Waals surface area contributed by atoms with Crippen molar-refractivity contribution in [2.24, 2.45) is 0 Å². The molecular formula is C10H15ClO2S. The number of aliphatic hydroxyl groups is 1. The van der Waals surface area contributed by atoms with E-state index in [1.165, 1.54) is 11.3 Å². The lowest BCUT2D eigenvalue weighted by molar-refractivity contribution is -0.0162. The van der Waals surface area contributed by atoms with Crippen LogP contribution >= 0.6 is 22.9 Å². The van der Waals surface area contributed by atoms with Crippen LogP contribution < -0.4 is 0 Å². The molecule has 14 heavy (non-hydrogen) atoms. The average Bonchev–Trinajstić information content (AvgIpc) is 2.60. The Bertz CT molecular complexity index is 275. The Morgan fingerprint density at radius 3 is 2.71 bits per heavy atom. The summed E-state index contributed by atoms with van der Waals surface area (Å²) in [6.45, 7) is 2.07. The molecule has 1 aromatic rings.